The molecular weight excluding hydrogens is 232 g/mol. The molecule has 0 aliphatic rings. The van der Waals surface area contributed by atoms with Crippen molar-refractivity contribution in [2.75, 3.05) is 19.0 Å². The van der Waals surface area contributed by atoms with E-state index in [1.54, 1.807) is 7.11 Å². The van der Waals surface area contributed by atoms with Crippen LogP contribution < -0.4 is 0 Å². The van der Waals surface area contributed by atoms with Crippen LogP contribution in [0.5, 0.6) is 0 Å². The van der Waals surface area contributed by atoms with Crippen molar-refractivity contribution in [3.05, 3.63) is 0 Å². The van der Waals surface area contributed by atoms with Crippen molar-refractivity contribution in [1.29, 1.82) is 0 Å². The van der Waals surface area contributed by atoms with Crippen LogP contribution in [-0.4, -0.2) is 19.0 Å². The molecular formula is C10H21BrO2. The average Bonchev–Trinajstić information content (AvgIpc) is 2.16. The topological polar surface area (TPSA) is 18.5 Å². The number of hydrogen-bond acceptors (Lipinski definition) is 2. The lowest BCUT2D eigenvalue weighted by atomic mass is 10.1. The van der Waals surface area contributed by atoms with E-state index in [2.05, 4.69) is 20.8 Å². The summed E-state index contributed by atoms with van der Waals surface area (Å²) in [5.74, 6) is 0. The second kappa shape index (κ2) is 12.4. The van der Waals surface area contributed by atoms with E-state index in [9.17, 15) is 0 Å². The predicted molar refractivity (Wildman–Crippen MR) is 59.1 cm³/mol. The summed E-state index contributed by atoms with van der Waals surface area (Å²) >= 11 is 3.43. The van der Waals surface area contributed by atoms with E-state index in [-0.39, 0.29) is 0 Å². The van der Waals surface area contributed by atoms with Gasteiger partial charge in [0.05, 0.1) is 13.7 Å². The van der Waals surface area contributed by atoms with Gasteiger partial charge in [0.1, 0.15) is 0 Å². The molecule has 0 unspecified atom stereocenters. The molecule has 3 heteroatoms. The Bertz CT molecular complexity index is 79.0. The van der Waals surface area contributed by atoms with Crippen molar-refractivity contribution in [3.8, 4) is 0 Å². The highest BCUT2D eigenvalue weighted by Crippen LogP contribution is 2.07. The van der Waals surface area contributed by atoms with Gasteiger partial charge in [0.15, 0.2) is 0 Å². The molecule has 0 spiro atoms. The van der Waals surface area contributed by atoms with E-state index in [0.29, 0.717) is 0 Å². The number of alkyl halides is 1. The SMILES string of the molecule is COOCCCCCCCCCBr. The first-order valence-electron chi connectivity index (χ1n) is 5.13. The summed E-state index contributed by atoms with van der Waals surface area (Å²) in [5.41, 5.74) is 0. The molecule has 0 aromatic heterocycles. The number of unbranched alkanes of at least 4 members (excludes halogenated alkanes) is 6. The molecule has 0 atom stereocenters. The lowest BCUT2D eigenvalue weighted by Gasteiger charge is -2.00. The van der Waals surface area contributed by atoms with Gasteiger partial charge in [-0.15, -0.1) is 0 Å². The lowest BCUT2D eigenvalue weighted by Crippen LogP contribution is -1.92. The standard InChI is InChI=1S/C10H21BrO2/c1-12-13-10-8-6-4-2-3-5-7-9-11/h2-10H2,1H3. The number of rotatable bonds is 10. The fourth-order valence-corrected chi connectivity index (χ4v) is 1.62. The Kier molecular flexibility index (Phi) is 12.8. The molecule has 0 aliphatic carbocycles. The molecule has 0 aromatic carbocycles. The first kappa shape index (κ1) is 13.4. The second-order valence-electron chi connectivity index (χ2n) is 3.15. The van der Waals surface area contributed by atoms with Crippen molar-refractivity contribution in [3.63, 3.8) is 0 Å². The highest BCUT2D eigenvalue weighted by Gasteiger charge is 1.91. The third-order valence-electron chi connectivity index (χ3n) is 1.98. The minimum absolute atomic E-state index is 0.734. The van der Waals surface area contributed by atoms with Crippen molar-refractivity contribution in [2.45, 2.75) is 44.9 Å². The van der Waals surface area contributed by atoms with E-state index in [4.69, 9.17) is 4.89 Å². The lowest BCUT2D eigenvalue weighted by molar-refractivity contribution is -0.272. The van der Waals surface area contributed by atoms with E-state index >= 15 is 0 Å². The van der Waals surface area contributed by atoms with Crippen LogP contribution in [-0.2, 0) is 9.78 Å². The van der Waals surface area contributed by atoms with Gasteiger partial charge in [0.2, 0.25) is 0 Å². The van der Waals surface area contributed by atoms with Crippen molar-refractivity contribution < 1.29 is 9.78 Å². The fraction of sp³-hybridized carbons (Fsp3) is 1.00. The fourth-order valence-electron chi connectivity index (χ4n) is 1.22. The van der Waals surface area contributed by atoms with Gasteiger partial charge in [0.25, 0.3) is 0 Å². The van der Waals surface area contributed by atoms with Gasteiger partial charge < -0.3 is 0 Å². The molecule has 2 nitrogen and oxygen atoms in total. The zero-order chi connectivity index (χ0) is 9.78. The normalized spacial score (nSPS) is 10.6. The Morgan fingerprint density at radius 2 is 1.38 bits per heavy atom. The van der Waals surface area contributed by atoms with Crippen LogP contribution >= 0.6 is 15.9 Å². The van der Waals surface area contributed by atoms with Crippen LogP contribution in [0.15, 0.2) is 0 Å². The number of hydrogen-bond donors (Lipinski definition) is 0. The molecule has 0 radical (unpaired) electrons. The maximum absolute atomic E-state index is 4.77. The molecule has 0 N–H and O–H groups in total. The molecule has 0 rings (SSSR count). The molecule has 0 aliphatic heterocycles. The minimum Gasteiger partial charge on any atom is -0.240 e. The van der Waals surface area contributed by atoms with Crippen LogP contribution in [0.4, 0.5) is 0 Å². The smallest absolute Gasteiger partial charge is 0.0822 e. The van der Waals surface area contributed by atoms with Crippen LogP contribution in [0.1, 0.15) is 44.9 Å². The molecule has 0 fully saturated rings. The van der Waals surface area contributed by atoms with Gasteiger partial charge in [-0.25, -0.2) is 9.78 Å². The van der Waals surface area contributed by atoms with Crippen molar-refractivity contribution in [1.82, 2.24) is 0 Å². The molecule has 0 saturated carbocycles. The van der Waals surface area contributed by atoms with Gasteiger partial charge in [-0.05, 0) is 12.8 Å². The van der Waals surface area contributed by atoms with E-state index in [1.165, 1.54) is 38.5 Å². The molecule has 13 heavy (non-hydrogen) atoms. The maximum atomic E-state index is 4.77. The highest BCUT2D eigenvalue weighted by atomic mass is 79.9. The largest absolute Gasteiger partial charge is 0.240 e. The first-order valence-corrected chi connectivity index (χ1v) is 6.25. The Labute approximate surface area is 90.0 Å². The van der Waals surface area contributed by atoms with Crippen molar-refractivity contribution in [2.24, 2.45) is 0 Å². The van der Waals surface area contributed by atoms with Crippen LogP contribution in [0.2, 0.25) is 0 Å². The predicted octanol–water partition coefficient (Wildman–Crippen LogP) is 3.69. The summed E-state index contributed by atoms with van der Waals surface area (Å²) in [7, 11) is 1.56. The summed E-state index contributed by atoms with van der Waals surface area (Å²) in [6.45, 7) is 0.734. The van der Waals surface area contributed by atoms with Crippen LogP contribution in [0, 0.1) is 0 Å². The molecule has 0 heterocycles. The van der Waals surface area contributed by atoms with E-state index in [0.717, 1.165) is 18.4 Å². The Hall–Kier alpha value is 0.400. The Balaban J connectivity index is 2.76. The summed E-state index contributed by atoms with van der Waals surface area (Å²) in [5, 5.41) is 1.15. The van der Waals surface area contributed by atoms with Crippen molar-refractivity contribution >= 4 is 15.9 Å². The maximum Gasteiger partial charge on any atom is 0.0822 e. The van der Waals surface area contributed by atoms with Gasteiger partial charge in [-0.1, -0.05) is 48.0 Å². The monoisotopic (exact) mass is 252 g/mol. The molecule has 0 amide bonds. The molecule has 80 valence electrons. The first-order chi connectivity index (χ1) is 6.41. The third-order valence-corrected chi connectivity index (χ3v) is 2.54. The summed E-state index contributed by atoms with van der Waals surface area (Å²) < 4.78 is 0. The molecule has 0 bridgehead atoms. The van der Waals surface area contributed by atoms with Crippen LogP contribution in [0.3, 0.4) is 0 Å². The number of halogens is 1. The highest BCUT2D eigenvalue weighted by molar-refractivity contribution is 9.09. The Morgan fingerprint density at radius 3 is 1.92 bits per heavy atom. The zero-order valence-electron chi connectivity index (χ0n) is 8.56. The van der Waals surface area contributed by atoms with Gasteiger partial charge in [-0.2, -0.15) is 0 Å². The third kappa shape index (κ3) is 12.4. The van der Waals surface area contributed by atoms with Gasteiger partial charge in [0, 0.05) is 5.33 Å². The minimum atomic E-state index is 0.734. The van der Waals surface area contributed by atoms with Gasteiger partial charge >= 0.3 is 0 Å². The van der Waals surface area contributed by atoms with E-state index in [1.807, 2.05) is 0 Å². The zero-order valence-corrected chi connectivity index (χ0v) is 10.1. The van der Waals surface area contributed by atoms with E-state index < -0.39 is 0 Å². The van der Waals surface area contributed by atoms with Crippen LogP contribution in [0.25, 0.3) is 0 Å². The second-order valence-corrected chi connectivity index (χ2v) is 3.95. The quantitative estimate of drug-likeness (QED) is 0.256. The average molecular weight is 253 g/mol. The van der Waals surface area contributed by atoms with Gasteiger partial charge in [-0.3, -0.25) is 0 Å². The molecule has 0 aromatic rings. The summed E-state index contributed by atoms with van der Waals surface area (Å²) in [6, 6.07) is 0. The molecule has 0 saturated heterocycles. The Morgan fingerprint density at radius 1 is 0.846 bits per heavy atom. The summed E-state index contributed by atoms with van der Waals surface area (Å²) in [6.07, 6.45) is 9.11. The summed E-state index contributed by atoms with van der Waals surface area (Å²) in [4.78, 5) is 9.27.